The molecule has 1 aromatic carbocycles. The number of ketones is 1. The summed E-state index contributed by atoms with van der Waals surface area (Å²) >= 11 is 0. The third kappa shape index (κ3) is 9.10. The number of rotatable bonds is 15. The topological polar surface area (TPSA) is 148 Å². The fraction of sp³-hybridized carbons (Fsp3) is 0.625. The van der Waals surface area contributed by atoms with E-state index in [2.05, 4.69) is 22.0 Å². The van der Waals surface area contributed by atoms with Gasteiger partial charge in [-0.05, 0) is 49.8 Å². The second-order valence-corrected chi connectivity index (χ2v) is 11.9. The zero-order chi connectivity index (χ0) is 30.9. The van der Waals surface area contributed by atoms with E-state index >= 15 is 0 Å². The van der Waals surface area contributed by atoms with Crippen LogP contribution in [0.2, 0.25) is 0 Å². The molecule has 0 bridgehead atoms. The van der Waals surface area contributed by atoms with Gasteiger partial charge in [0, 0.05) is 25.4 Å². The van der Waals surface area contributed by atoms with Gasteiger partial charge in [0.1, 0.15) is 23.9 Å². The molecular formula is C32H44N4O8. The number of epoxide rings is 1. The van der Waals surface area contributed by atoms with Crippen LogP contribution in [0.25, 0.3) is 0 Å². The van der Waals surface area contributed by atoms with E-state index in [4.69, 9.17) is 18.9 Å². The number of nitrogens with zero attached hydrogens (tertiary/aromatic N) is 1. The fourth-order valence-corrected chi connectivity index (χ4v) is 5.78. The van der Waals surface area contributed by atoms with Crippen LogP contribution >= 0.6 is 0 Å². The van der Waals surface area contributed by atoms with E-state index in [1.807, 2.05) is 17.0 Å². The fourth-order valence-electron chi connectivity index (χ4n) is 5.78. The summed E-state index contributed by atoms with van der Waals surface area (Å²) in [4.78, 5) is 55.7. The number of methoxy groups -OCH3 is 1. The predicted octanol–water partition coefficient (Wildman–Crippen LogP) is 0.529. The molecule has 240 valence electrons. The number of carbonyl (C=O) groups is 4. The Hall–Kier alpha value is -3.32. The lowest BCUT2D eigenvalue weighted by Crippen LogP contribution is -2.61. The number of carbonyl (C=O) groups excluding carboxylic acids is 4. The van der Waals surface area contributed by atoms with Crippen molar-refractivity contribution >= 4 is 23.5 Å². The molecule has 12 heteroatoms. The Kier molecular flexibility index (Phi) is 11.4. The van der Waals surface area contributed by atoms with Gasteiger partial charge in [-0.25, -0.2) is 0 Å². The maximum absolute atomic E-state index is 13.9. The maximum Gasteiger partial charge on any atom is 0.243 e. The van der Waals surface area contributed by atoms with E-state index in [0.717, 1.165) is 36.8 Å². The van der Waals surface area contributed by atoms with Gasteiger partial charge in [-0.15, -0.1) is 0 Å². The number of ether oxygens (including phenoxy) is 4. The highest BCUT2D eigenvalue weighted by Crippen LogP contribution is 2.24. The van der Waals surface area contributed by atoms with Gasteiger partial charge in [-0.1, -0.05) is 23.8 Å². The normalized spacial score (nSPS) is 22.4. The van der Waals surface area contributed by atoms with E-state index < -0.39 is 36.0 Å². The summed E-state index contributed by atoms with van der Waals surface area (Å²) in [6, 6.07) is 4.64. The van der Waals surface area contributed by atoms with Gasteiger partial charge in [-0.3, -0.25) is 24.1 Å². The largest absolute Gasteiger partial charge is 0.497 e. The molecule has 44 heavy (non-hydrogen) atoms. The van der Waals surface area contributed by atoms with Crippen molar-refractivity contribution in [1.82, 2.24) is 20.9 Å². The first-order chi connectivity index (χ1) is 21.4. The Labute approximate surface area is 258 Å². The minimum absolute atomic E-state index is 0.152. The van der Waals surface area contributed by atoms with Gasteiger partial charge in [-0.2, -0.15) is 0 Å². The maximum atomic E-state index is 13.9. The van der Waals surface area contributed by atoms with Crippen LogP contribution in [-0.2, 0) is 39.8 Å². The Morgan fingerprint density at radius 1 is 0.909 bits per heavy atom. The van der Waals surface area contributed by atoms with E-state index in [-0.39, 0.29) is 30.6 Å². The van der Waals surface area contributed by atoms with Gasteiger partial charge in [0.25, 0.3) is 0 Å². The standard InChI is InChI=1S/C32H44N4O8/c1-41-24-9-7-22(8-10-24)16-26(31(39)33-25(30(38)27-20-44-27)15-21-5-3-2-4-6-21)34-32(40)29(23-18-43-19-23)35-28(37)17-36-11-13-42-14-12-36/h5,7-10,23,25-27,29H,2-4,6,11-20H2,1H3,(H,33,39)(H,34,40)(H,35,37)/t25-,26-,27+,29-/m0/s1. The highest BCUT2D eigenvalue weighted by molar-refractivity contribution is 5.97. The zero-order valence-electron chi connectivity index (χ0n) is 25.4. The lowest BCUT2D eigenvalue weighted by Gasteiger charge is -2.35. The first-order valence-electron chi connectivity index (χ1n) is 15.6. The average molecular weight is 613 g/mol. The van der Waals surface area contributed by atoms with Crippen LogP contribution in [0.3, 0.4) is 0 Å². The summed E-state index contributed by atoms with van der Waals surface area (Å²) in [5, 5.41) is 8.73. The molecular weight excluding hydrogens is 568 g/mol. The minimum atomic E-state index is -0.994. The number of allylic oxidation sites excluding steroid dienone is 1. The van der Waals surface area contributed by atoms with Crippen LogP contribution in [0.4, 0.5) is 0 Å². The van der Waals surface area contributed by atoms with E-state index in [9.17, 15) is 19.2 Å². The molecule has 3 amide bonds. The summed E-state index contributed by atoms with van der Waals surface area (Å²) in [5.74, 6) is -0.903. The number of benzene rings is 1. The molecule has 0 saturated carbocycles. The highest BCUT2D eigenvalue weighted by Gasteiger charge is 2.40. The van der Waals surface area contributed by atoms with Crippen molar-refractivity contribution < 1.29 is 38.1 Å². The van der Waals surface area contributed by atoms with Gasteiger partial charge in [0.15, 0.2) is 5.78 Å². The van der Waals surface area contributed by atoms with Gasteiger partial charge >= 0.3 is 0 Å². The van der Waals surface area contributed by atoms with Crippen LogP contribution < -0.4 is 20.7 Å². The van der Waals surface area contributed by atoms with Gasteiger partial charge in [0.05, 0.1) is 52.7 Å². The van der Waals surface area contributed by atoms with E-state index in [1.54, 1.807) is 19.2 Å². The van der Waals surface area contributed by atoms with E-state index in [1.165, 1.54) is 0 Å². The summed E-state index contributed by atoms with van der Waals surface area (Å²) < 4.78 is 21.2. The summed E-state index contributed by atoms with van der Waals surface area (Å²) in [6.07, 6.45) is 6.28. The zero-order valence-corrected chi connectivity index (χ0v) is 25.4. The molecule has 3 saturated heterocycles. The molecule has 3 aliphatic heterocycles. The van der Waals surface area contributed by atoms with Crippen LogP contribution in [-0.4, -0.2) is 112 Å². The van der Waals surface area contributed by atoms with Crippen molar-refractivity contribution in [3.63, 3.8) is 0 Å². The van der Waals surface area contributed by atoms with Crippen LogP contribution in [0, 0.1) is 5.92 Å². The number of hydrogen-bond donors (Lipinski definition) is 3. The third-order valence-corrected chi connectivity index (χ3v) is 8.60. The minimum Gasteiger partial charge on any atom is -0.497 e. The Morgan fingerprint density at radius 2 is 1.64 bits per heavy atom. The molecule has 0 radical (unpaired) electrons. The average Bonchev–Trinajstić information content (AvgIpc) is 3.86. The first kappa shape index (κ1) is 32.1. The van der Waals surface area contributed by atoms with Crippen molar-refractivity contribution in [1.29, 1.82) is 0 Å². The molecule has 3 N–H and O–H groups in total. The van der Waals surface area contributed by atoms with Gasteiger partial charge in [0.2, 0.25) is 17.7 Å². The Bertz CT molecular complexity index is 1190. The van der Waals surface area contributed by atoms with Crippen molar-refractivity contribution in [3.05, 3.63) is 41.5 Å². The Balaban J connectivity index is 1.30. The van der Waals surface area contributed by atoms with Crippen molar-refractivity contribution in [2.75, 3.05) is 59.8 Å². The first-order valence-corrected chi connectivity index (χ1v) is 15.6. The third-order valence-electron chi connectivity index (χ3n) is 8.60. The van der Waals surface area contributed by atoms with Crippen LogP contribution in [0.1, 0.15) is 37.7 Å². The van der Waals surface area contributed by atoms with Crippen molar-refractivity contribution in [3.8, 4) is 5.75 Å². The summed E-state index contributed by atoms with van der Waals surface area (Å²) in [7, 11) is 1.58. The monoisotopic (exact) mass is 612 g/mol. The molecule has 0 unspecified atom stereocenters. The number of morpholine rings is 1. The predicted molar refractivity (Wildman–Crippen MR) is 160 cm³/mol. The molecule has 12 nitrogen and oxygen atoms in total. The molecule has 4 aliphatic rings. The second-order valence-electron chi connectivity index (χ2n) is 11.9. The lowest BCUT2D eigenvalue weighted by atomic mass is 9.92. The number of Topliss-reactive ketones (excluding diaryl/α,β-unsaturated/α-hetero) is 1. The second kappa shape index (κ2) is 15.6. The molecule has 0 spiro atoms. The van der Waals surface area contributed by atoms with Crippen LogP contribution in [0.15, 0.2) is 35.9 Å². The number of amides is 3. The Morgan fingerprint density at radius 3 is 2.25 bits per heavy atom. The number of nitrogens with one attached hydrogen (secondary N) is 3. The lowest BCUT2D eigenvalue weighted by molar-refractivity contribution is -0.139. The quantitative estimate of drug-likeness (QED) is 0.191. The van der Waals surface area contributed by atoms with Crippen LogP contribution in [0.5, 0.6) is 5.75 Å². The SMILES string of the molecule is COc1ccc(C[C@H](NC(=O)[C@@H](NC(=O)CN2CCOCC2)C2COC2)C(=O)N[C@@H](CC2=CCCCC2)C(=O)[C@H]2CO2)cc1. The van der Waals surface area contributed by atoms with Crippen molar-refractivity contribution in [2.45, 2.75) is 62.8 Å². The smallest absolute Gasteiger partial charge is 0.243 e. The molecule has 1 aromatic rings. The molecule has 4 atom stereocenters. The summed E-state index contributed by atoms with van der Waals surface area (Å²) in [6.45, 7) is 3.57. The molecule has 0 aromatic heterocycles. The number of hydrogen-bond acceptors (Lipinski definition) is 9. The molecule has 1 aliphatic carbocycles. The van der Waals surface area contributed by atoms with Crippen molar-refractivity contribution in [2.24, 2.45) is 5.92 Å². The molecule has 5 rings (SSSR count). The van der Waals surface area contributed by atoms with E-state index in [0.29, 0.717) is 58.3 Å². The molecule has 3 heterocycles. The van der Waals surface area contributed by atoms with Gasteiger partial charge < -0.3 is 34.9 Å². The molecule has 3 fully saturated rings. The highest BCUT2D eigenvalue weighted by atomic mass is 16.6. The summed E-state index contributed by atoms with van der Waals surface area (Å²) in [5.41, 5.74) is 1.95.